The van der Waals surface area contributed by atoms with Crippen LogP contribution in [0.4, 0.5) is 11.6 Å². The van der Waals surface area contributed by atoms with E-state index in [1.54, 1.807) is 0 Å². The molecule has 2 N–H and O–H groups in total. The van der Waals surface area contributed by atoms with Crippen molar-refractivity contribution in [1.82, 2.24) is 9.55 Å². The normalized spacial score (nSPS) is 18.6. The SMILES string of the molecule is CC(C)n1c(N2CCC[C@@H](N)C2)nc2c([N+](=O)[O-])c(Br)c(Br)cc21. The number of imidazole rings is 1. The van der Waals surface area contributed by atoms with Gasteiger partial charge in [0.15, 0.2) is 5.52 Å². The number of nitro benzene ring substituents is 1. The molecule has 2 heterocycles. The standard InChI is InChI=1S/C15H19Br2N5O2/c1-8(2)21-11-6-10(16)12(17)14(22(23)24)13(11)19-15(21)20-5-3-4-9(18)7-20/h6,8-9H,3-5,7,18H2,1-2H3/t9-/m1/s1. The Kier molecular flexibility index (Phi) is 4.85. The molecule has 0 spiro atoms. The number of piperidine rings is 1. The van der Waals surface area contributed by atoms with Crippen molar-refractivity contribution < 1.29 is 4.92 Å². The van der Waals surface area contributed by atoms with Crippen LogP contribution in [0.25, 0.3) is 11.0 Å². The number of benzene rings is 1. The van der Waals surface area contributed by atoms with Gasteiger partial charge in [0.05, 0.1) is 10.4 Å². The summed E-state index contributed by atoms with van der Waals surface area (Å²) >= 11 is 6.71. The summed E-state index contributed by atoms with van der Waals surface area (Å²) in [7, 11) is 0. The summed E-state index contributed by atoms with van der Waals surface area (Å²) in [6, 6.07) is 2.11. The number of hydrogen-bond donors (Lipinski definition) is 1. The van der Waals surface area contributed by atoms with Crippen LogP contribution in [0.5, 0.6) is 0 Å². The van der Waals surface area contributed by atoms with E-state index in [0.717, 1.165) is 30.9 Å². The van der Waals surface area contributed by atoms with Gasteiger partial charge >= 0.3 is 5.69 Å². The first kappa shape index (κ1) is 17.6. The van der Waals surface area contributed by atoms with Gasteiger partial charge in [-0.15, -0.1) is 0 Å². The van der Waals surface area contributed by atoms with Crippen molar-refractivity contribution in [3.8, 4) is 0 Å². The van der Waals surface area contributed by atoms with Crippen LogP contribution in [0.3, 0.4) is 0 Å². The van der Waals surface area contributed by atoms with E-state index in [1.165, 1.54) is 0 Å². The highest BCUT2D eigenvalue weighted by molar-refractivity contribution is 9.13. The third-order valence-corrected chi connectivity index (χ3v) is 6.23. The first-order valence-electron chi connectivity index (χ1n) is 7.86. The molecule has 1 fully saturated rings. The largest absolute Gasteiger partial charge is 0.341 e. The van der Waals surface area contributed by atoms with E-state index < -0.39 is 0 Å². The quantitative estimate of drug-likeness (QED) is 0.552. The molecule has 0 unspecified atom stereocenters. The second kappa shape index (κ2) is 6.61. The van der Waals surface area contributed by atoms with E-state index in [2.05, 4.69) is 60.2 Å². The number of rotatable bonds is 3. The zero-order valence-corrected chi connectivity index (χ0v) is 16.7. The number of nitrogens with two attached hydrogens (primary N) is 1. The summed E-state index contributed by atoms with van der Waals surface area (Å²) in [5.41, 5.74) is 7.25. The molecule has 2 aromatic rings. The molecule has 0 saturated carbocycles. The Labute approximate surface area is 156 Å². The second-order valence-corrected chi connectivity index (χ2v) is 8.02. The van der Waals surface area contributed by atoms with Crippen molar-refractivity contribution in [2.24, 2.45) is 5.73 Å². The van der Waals surface area contributed by atoms with Gasteiger partial charge in [0.25, 0.3) is 0 Å². The van der Waals surface area contributed by atoms with Gasteiger partial charge in [-0.1, -0.05) is 0 Å². The molecular weight excluding hydrogens is 442 g/mol. The summed E-state index contributed by atoms with van der Waals surface area (Å²) in [6.45, 7) is 5.68. The van der Waals surface area contributed by atoms with Gasteiger partial charge in [-0.3, -0.25) is 10.1 Å². The van der Waals surface area contributed by atoms with E-state index in [0.29, 0.717) is 21.0 Å². The maximum Gasteiger partial charge on any atom is 0.312 e. The Balaban J connectivity index is 2.28. The van der Waals surface area contributed by atoms with Gasteiger partial charge in [-0.05, 0) is 64.6 Å². The number of nitro groups is 1. The molecule has 0 bridgehead atoms. The molecule has 1 aromatic carbocycles. The molecule has 7 nitrogen and oxygen atoms in total. The number of nitrogens with zero attached hydrogens (tertiary/aromatic N) is 4. The number of halogens is 2. The molecule has 1 aromatic heterocycles. The van der Waals surface area contributed by atoms with Gasteiger partial charge in [0, 0.05) is 29.6 Å². The van der Waals surface area contributed by atoms with Gasteiger partial charge in [-0.25, -0.2) is 4.98 Å². The Bertz CT molecular complexity index is 805. The van der Waals surface area contributed by atoms with Crippen molar-refractivity contribution in [2.45, 2.75) is 38.8 Å². The Hall–Kier alpha value is -1.19. The Morgan fingerprint density at radius 2 is 2.17 bits per heavy atom. The van der Waals surface area contributed by atoms with E-state index in [9.17, 15) is 10.1 Å². The zero-order valence-electron chi connectivity index (χ0n) is 13.5. The fourth-order valence-electron chi connectivity index (χ4n) is 3.24. The highest BCUT2D eigenvalue weighted by atomic mass is 79.9. The first-order valence-corrected chi connectivity index (χ1v) is 9.44. The van der Waals surface area contributed by atoms with Crippen LogP contribution in [0, 0.1) is 10.1 Å². The number of aromatic nitrogens is 2. The maximum absolute atomic E-state index is 11.6. The molecule has 3 rings (SSSR count). The van der Waals surface area contributed by atoms with Crippen molar-refractivity contribution in [1.29, 1.82) is 0 Å². The maximum atomic E-state index is 11.6. The van der Waals surface area contributed by atoms with E-state index in [1.807, 2.05) is 6.07 Å². The third kappa shape index (κ3) is 2.93. The minimum absolute atomic E-state index is 0.0127. The second-order valence-electron chi connectivity index (χ2n) is 6.37. The predicted molar refractivity (Wildman–Crippen MR) is 102 cm³/mol. The molecular formula is C15H19Br2N5O2. The summed E-state index contributed by atoms with van der Waals surface area (Å²) in [5, 5.41) is 11.6. The highest BCUT2D eigenvalue weighted by Gasteiger charge is 2.29. The first-order chi connectivity index (χ1) is 11.3. The van der Waals surface area contributed by atoms with Gasteiger partial charge in [0.2, 0.25) is 5.95 Å². The van der Waals surface area contributed by atoms with Crippen LogP contribution in [-0.4, -0.2) is 33.6 Å². The van der Waals surface area contributed by atoms with Crippen molar-refractivity contribution in [3.63, 3.8) is 0 Å². The predicted octanol–water partition coefficient (Wildman–Crippen LogP) is 3.98. The van der Waals surface area contributed by atoms with Crippen molar-refractivity contribution in [3.05, 3.63) is 25.1 Å². The molecule has 24 heavy (non-hydrogen) atoms. The summed E-state index contributed by atoms with van der Waals surface area (Å²) in [5.74, 6) is 0.753. The Morgan fingerprint density at radius 3 is 2.75 bits per heavy atom. The molecule has 130 valence electrons. The summed E-state index contributed by atoms with van der Waals surface area (Å²) in [4.78, 5) is 18.0. The van der Waals surface area contributed by atoms with Crippen LogP contribution in [-0.2, 0) is 0 Å². The van der Waals surface area contributed by atoms with Crippen molar-refractivity contribution in [2.75, 3.05) is 18.0 Å². The van der Waals surface area contributed by atoms with Gasteiger partial charge in [0.1, 0.15) is 4.47 Å². The third-order valence-electron chi connectivity index (χ3n) is 4.27. The lowest BCUT2D eigenvalue weighted by Crippen LogP contribution is -2.44. The fraction of sp³-hybridized carbons (Fsp3) is 0.533. The van der Waals surface area contributed by atoms with Crippen LogP contribution in [0.1, 0.15) is 32.7 Å². The smallest absolute Gasteiger partial charge is 0.312 e. The molecule has 1 atom stereocenters. The average Bonchev–Trinajstić information content (AvgIpc) is 2.86. The lowest BCUT2D eigenvalue weighted by Gasteiger charge is -2.32. The van der Waals surface area contributed by atoms with Crippen LogP contribution < -0.4 is 10.6 Å². The summed E-state index contributed by atoms with van der Waals surface area (Å²) in [6.07, 6.45) is 1.99. The van der Waals surface area contributed by atoms with Crippen LogP contribution in [0.15, 0.2) is 15.0 Å². The Morgan fingerprint density at radius 1 is 1.46 bits per heavy atom. The average molecular weight is 461 g/mol. The van der Waals surface area contributed by atoms with E-state index in [-0.39, 0.29) is 22.7 Å². The molecule has 9 heteroatoms. The molecule has 1 aliphatic heterocycles. The van der Waals surface area contributed by atoms with Gasteiger partial charge in [-0.2, -0.15) is 0 Å². The lowest BCUT2D eigenvalue weighted by molar-refractivity contribution is -0.384. The topological polar surface area (TPSA) is 90.2 Å². The minimum atomic E-state index is -0.388. The monoisotopic (exact) mass is 459 g/mol. The molecule has 1 saturated heterocycles. The van der Waals surface area contributed by atoms with E-state index in [4.69, 9.17) is 5.73 Å². The zero-order chi connectivity index (χ0) is 17.6. The minimum Gasteiger partial charge on any atom is -0.341 e. The summed E-state index contributed by atoms with van der Waals surface area (Å²) < 4.78 is 3.11. The molecule has 1 aliphatic rings. The van der Waals surface area contributed by atoms with E-state index >= 15 is 0 Å². The lowest BCUT2D eigenvalue weighted by atomic mass is 10.1. The fourth-order valence-corrected chi connectivity index (χ4v) is 4.09. The van der Waals surface area contributed by atoms with Crippen LogP contribution >= 0.6 is 31.9 Å². The molecule has 0 aliphatic carbocycles. The molecule has 0 radical (unpaired) electrons. The number of hydrogen-bond acceptors (Lipinski definition) is 5. The number of fused-ring (bicyclic) bond motifs is 1. The highest BCUT2D eigenvalue weighted by Crippen LogP contribution is 2.41. The van der Waals surface area contributed by atoms with Crippen LogP contribution in [0.2, 0.25) is 0 Å². The number of anilines is 1. The van der Waals surface area contributed by atoms with Gasteiger partial charge < -0.3 is 15.2 Å². The van der Waals surface area contributed by atoms with Crippen molar-refractivity contribution >= 4 is 54.5 Å². The molecule has 0 amide bonds.